The normalized spacial score (nSPS) is 9.95. The first-order valence-corrected chi connectivity index (χ1v) is 6.27. The minimum absolute atomic E-state index is 0.0233. The first-order chi connectivity index (χ1) is 10.1. The number of benzene rings is 2. The predicted octanol–water partition coefficient (Wildman–Crippen LogP) is 3.37. The Balaban J connectivity index is 1.97. The standard InChI is InChI=1S/C15H14N2O4/c1-16(13-7-9-14(10-8-13)17(19)20)15(18)21-11-12-5-3-2-4-6-12/h2-10H,11H2,1H3. The van der Waals surface area contributed by atoms with Crippen LogP contribution in [-0.4, -0.2) is 18.1 Å². The van der Waals surface area contributed by atoms with E-state index in [1.807, 2.05) is 30.3 Å². The third kappa shape index (κ3) is 3.79. The molecule has 0 heterocycles. The number of hydrogen-bond acceptors (Lipinski definition) is 4. The summed E-state index contributed by atoms with van der Waals surface area (Å²) in [6.45, 7) is 0.178. The molecule has 0 saturated heterocycles. The lowest BCUT2D eigenvalue weighted by molar-refractivity contribution is -0.384. The van der Waals surface area contributed by atoms with E-state index in [-0.39, 0.29) is 12.3 Å². The summed E-state index contributed by atoms with van der Waals surface area (Å²) < 4.78 is 5.18. The maximum absolute atomic E-state index is 11.9. The quantitative estimate of drug-likeness (QED) is 0.638. The molecule has 0 aliphatic rings. The summed E-state index contributed by atoms with van der Waals surface area (Å²) in [7, 11) is 1.55. The van der Waals surface area contributed by atoms with Gasteiger partial charge < -0.3 is 4.74 Å². The van der Waals surface area contributed by atoms with Crippen molar-refractivity contribution >= 4 is 17.5 Å². The van der Waals surface area contributed by atoms with Crippen molar-refractivity contribution in [1.29, 1.82) is 0 Å². The number of anilines is 1. The van der Waals surface area contributed by atoms with Crippen molar-refractivity contribution in [3.8, 4) is 0 Å². The number of ether oxygens (including phenoxy) is 1. The van der Waals surface area contributed by atoms with Gasteiger partial charge in [-0.05, 0) is 17.7 Å². The van der Waals surface area contributed by atoms with E-state index in [1.165, 1.54) is 29.2 Å². The Labute approximate surface area is 121 Å². The monoisotopic (exact) mass is 286 g/mol. The highest BCUT2D eigenvalue weighted by atomic mass is 16.6. The molecule has 0 fully saturated rings. The summed E-state index contributed by atoms with van der Waals surface area (Å²) in [4.78, 5) is 23.3. The lowest BCUT2D eigenvalue weighted by Gasteiger charge is -2.16. The molecule has 1 amide bonds. The fourth-order valence-electron chi connectivity index (χ4n) is 1.72. The maximum atomic E-state index is 11.9. The number of carbonyl (C=O) groups excluding carboxylic acids is 1. The van der Waals surface area contributed by atoms with Crippen LogP contribution in [-0.2, 0) is 11.3 Å². The van der Waals surface area contributed by atoms with E-state index in [4.69, 9.17) is 4.74 Å². The molecule has 0 bridgehead atoms. The van der Waals surface area contributed by atoms with Crippen molar-refractivity contribution in [3.63, 3.8) is 0 Å². The molecule has 2 rings (SSSR count). The number of nitro groups is 1. The van der Waals surface area contributed by atoms with E-state index >= 15 is 0 Å². The van der Waals surface area contributed by atoms with E-state index in [2.05, 4.69) is 0 Å². The summed E-state index contributed by atoms with van der Waals surface area (Å²) in [5.74, 6) is 0. The number of carbonyl (C=O) groups is 1. The first-order valence-electron chi connectivity index (χ1n) is 6.27. The van der Waals surface area contributed by atoms with Crippen LogP contribution in [0.4, 0.5) is 16.2 Å². The summed E-state index contributed by atoms with van der Waals surface area (Å²) in [5, 5.41) is 10.6. The van der Waals surface area contributed by atoms with Gasteiger partial charge in [-0.25, -0.2) is 4.79 Å². The van der Waals surface area contributed by atoms with Gasteiger partial charge in [0, 0.05) is 24.9 Å². The molecule has 21 heavy (non-hydrogen) atoms. The van der Waals surface area contributed by atoms with Crippen LogP contribution >= 0.6 is 0 Å². The van der Waals surface area contributed by atoms with Gasteiger partial charge in [0.15, 0.2) is 0 Å². The van der Waals surface area contributed by atoms with Crippen molar-refractivity contribution in [1.82, 2.24) is 0 Å². The zero-order valence-electron chi connectivity index (χ0n) is 11.4. The molecule has 0 aromatic heterocycles. The molecule has 0 unspecified atom stereocenters. The molecule has 108 valence electrons. The van der Waals surface area contributed by atoms with Crippen molar-refractivity contribution < 1.29 is 14.5 Å². The van der Waals surface area contributed by atoms with E-state index in [0.717, 1.165) is 5.56 Å². The van der Waals surface area contributed by atoms with Gasteiger partial charge in [0.25, 0.3) is 5.69 Å². The van der Waals surface area contributed by atoms with Gasteiger partial charge >= 0.3 is 6.09 Å². The fourth-order valence-corrected chi connectivity index (χ4v) is 1.72. The SMILES string of the molecule is CN(C(=O)OCc1ccccc1)c1ccc([N+](=O)[O-])cc1. The average Bonchev–Trinajstić information content (AvgIpc) is 2.53. The van der Waals surface area contributed by atoms with Gasteiger partial charge in [0.1, 0.15) is 6.61 Å². The van der Waals surface area contributed by atoms with Crippen molar-refractivity contribution in [2.75, 3.05) is 11.9 Å². The van der Waals surface area contributed by atoms with Crippen LogP contribution in [0.2, 0.25) is 0 Å². The Morgan fingerprint density at radius 1 is 1.14 bits per heavy atom. The second-order valence-corrected chi connectivity index (χ2v) is 4.37. The second kappa shape index (κ2) is 6.51. The molecule has 0 atom stereocenters. The molecular weight excluding hydrogens is 272 g/mol. The highest BCUT2D eigenvalue weighted by Gasteiger charge is 2.13. The molecular formula is C15H14N2O4. The van der Waals surface area contributed by atoms with Gasteiger partial charge in [0.05, 0.1) is 4.92 Å². The topological polar surface area (TPSA) is 72.7 Å². The van der Waals surface area contributed by atoms with Gasteiger partial charge in [-0.3, -0.25) is 15.0 Å². The molecule has 0 aliphatic heterocycles. The van der Waals surface area contributed by atoms with Gasteiger partial charge in [-0.1, -0.05) is 30.3 Å². The molecule has 0 N–H and O–H groups in total. The van der Waals surface area contributed by atoms with Crippen LogP contribution in [0.15, 0.2) is 54.6 Å². The molecule has 0 radical (unpaired) electrons. The summed E-state index contributed by atoms with van der Waals surface area (Å²) in [5.41, 5.74) is 1.39. The molecule has 0 aliphatic carbocycles. The number of amides is 1. The zero-order chi connectivity index (χ0) is 15.2. The number of nitrogens with zero attached hydrogens (tertiary/aromatic N) is 2. The molecule has 2 aromatic carbocycles. The summed E-state index contributed by atoms with van der Waals surface area (Å²) in [6.07, 6.45) is -0.521. The Hall–Kier alpha value is -2.89. The summed E-state index contributed by atoms with van der Waals surface area (Å²) in [6, 6.07) is 15.0. The van der Waals surface area contributed by atoms with E-state index in [0.29, 0.717) is 5.69 Å². The lowest BCUT2D eigenvalue weighted by Crippen LogP contribution is -2.26. The number of hydrogen-bond donors (Lipinski definition) is 0. The minimum atomic E-state index is -0.521. The van der Waals surface area contributed by atoms with Crippen LogP contribution < -0.4 is 4.90 Å². The maximum Gasteiger partial charge on any atom is 0.414 e. The Bertz CT molecular complexity index is 626. The smallest absolute Gasteiger partial charge is 0.414 e. The molecule has 0 saturated carbocycles. The van der Waals surface area contributed by atoms with Crippen LogP contribution in [0.3, 0.4) is 0 Å². The summed E-state index contributed by atoms with van der Waals surface area (Å²) >= 11 is 0. The lowest BCUT2D eigenvalue weighted by atomic mass is 10.2. The minimum Gasteiger partial charge on any atom is -0.444 e. The third-order valence-electron chi connectivity index (χ3n) is 2.93. The van der Waals surface area contributed by atoms with E-state index < -0.39 is 11.0 Å². The Morgan fingerprint density at radius 2 is 1.76 bits per heavy atom. The predicted molar refractivity (Wildman–Crippen MR) is 78.1 cm³/mol. The number of rotatable bonds is 4. The number of nitro benzene ring substituents is 1. The molecule has 0 spiro atoms. The Kier molecular flexibility index (Phi) is 4.50. The first kappa shape index (κ1) is 14.5. The van der Waals surface area contributed by atoms with E-state index in [1.54, 1.807) is 7.05 Å². The third-order valence-corrected chi connectivity index (χ3v) is 2.93. The molecule has 6 nitrogen and oxygen atoms in total. The zero-order valence-corrected chi connectivity index (χ0v) is 11.4. The second-order valence-electron chi connectivity index (χ2n) is 4.37. The number of non-ortho nitro benzene ring substituents is 1. The average molecular weight is 286 g/mol. The van der Waals surface area contributed by atoms with Crippen molar-refractivity contribution in [2.24, 2.45) is 0 Å². The van der Waals surface area contributed by atoms with Gasteiger partial charge in [0.2, 0.25) is 0 Å². The van der Waals surface area contributed by atoms with Gasteiger partial charge in [-0.2, -0.15) is 0 Å². The highest BCUT2D eigenvalue weighted by Crippen LogP contribution is 2.19. The van der Waals surface area contributed by atoms with Crippen LogP contribution in [0.5, 0.6) is 0 Å². The largest absolute Gasteiger partial charge is 0.444 e. The van der Waals surface area contributed by atoms with Crippen LogP contribution in [0, 0.1) is 10.1 Å². The van der Waals surface area contributed by atoms with E-state index in [9.17, 15) is 14.9 Å². The van der Waals surface area contributed by atoms with Crippen molar-refractivity contribution in [3.05, 3.63) is 70.3 Å². The molecule has 6 heteroatoms. The Morgan fingerprint density at radius 3 is 2.33 bits per heavy atom. The fraction of sp³-hybridized carbons (Fsp3) is 0.133. The molecule has 2 aromatic rings. The van der Waals surface area contributed by atoms with Gasteiger partial charge in [-0.15, -0.1) is 0 Å². The van der Waals surface area contributed by atoms with Crippen molar-refractivity contribution in [2.45, 2.75) is 6.61 Å². The van der Waals surface area contributed by atoms with Crippen LogP contribution in [0.25, 0.3) is 0 Å². The van der Waals surface area contributed by atoms with Crippen LogP contribution in [0.1, 0.15) is 5.56 Å². The highest BCUT2D eigenvalue weighted by molar-refractivity contribution is 5.87.